The van der Waals surface area contributed by atoms with Gasteiger partial charge in [-0.2, -0.15) is 0 Å². The normalized spacial score (nSPS) is 16.9. The average Bonchev–Trinajstić information content (AvgIpc) is 1.87. The molecule has 2 atom stereocenters. The van der Waals surface area contributed by atoms with Crippen LogP contribution in [0.15, 0.2) is 0 Å². The van der Waals surface area contributed by atoms with Crippen molar-refractivity contribution in [3.05, 3.63) is 0 Å². The van der Waals surface area contributed by atoms with Crippen molar-refractivity contribution in [1.29, 1.82) is 0 Å². The number of ether oxygens (including phenoxy) is 1. The van der Waals surface area contributed by atoms with E-state index in [0.29, 0.717) is 6.42 Å². The Labute approximate surface area is 69.0 Å². The van der Waals surface area contributed by atoms with E-state index in [1.54, 1.807) is 0 Å². The fraction of sp³-hybridized carbons (Fsp3) is 1.00. The van der Waals surface area contributed by atoms with Gasteiger partial charge in [0, 0.05) is 6.61 Å². The van der Waals surface area contributed by atoms with Crippen LogP contribution < -0.4 is 0 Å². The van der Waals surface area contributed by atoms with Crippen molar-refractivity contribution in [3.8, 4) is 0 Å². The largest absolute Gasteiger partial charge is 0.396 e. The van der Waals surface area contributed by atoms with Gasteiger partial charge >= 0.3 is 0 Å². The Kier molecular flexibility index (Phi) is 5.46. The SMILES string of the molecule is CC(CCO)OC(C)N(C)C. The van der Waals surface area contributed by atoms with E-state index < -0.39 is 0 Å². The molecule has 0 spiro atoms. The van der Waals surface area contributed by atoms with Crippen molar-refractivity contribution < 1.29 is 9.84 Å². The third-order valence-electron chi connectivity index (χ3n) is 1.69. The smallest absolute Gasteiger partial charge is 0.107 e. The third kappa shape index (κ3) is 5.18. The average molecular weight is 161 g/mol. The molecule has 0 saturated carbocycles. The lowest BCUT2D eigenvalue weighted by Gasteiger charge is -2.23. The molecule has 0 rings (SSSR count). The second-order valence-electron chi connectivity index (χ2n) is 3.02. The van der Waals surface area contributed by atoms with Gasteiger partial charge in [-0.05, 0) is 34.4 Å². The fourth-order valence-corrected chi connectivity index (χ4v) is 0.708. The molecule has 0 aliphatic heterocycles. The van der Waals surface area contributed by atoms with Crippen LogP contribution in [-0.2, 0) is 4.74 Å². The van der Waals surface area contributed by atoms with Crippen molar-refractivity contribution in [3.63, 3.8) is 0 Å². The van der Waals surface area contributed by atoms with Crippen LogP contribution in [0.2, 0.25) is 0 Å². The molecule has 11 heavy (non-hydrogen) atoms. The van der Waals surface area contributed by atoms with Crippen LogP contribution in [0.25, 0.3) is 0 Å². The standard InChI is InChI=1S/C8H19NO2/c1-7(5-6-10)11-8(2)9(3)4/h7-8,10H,5-6H2,1-4H3. The van der Waals surface area contributed by atoms with Crippen LogP contribution in [0.1, 0.15) is 20.3 Å². The second kappa shape index (κ2) is 5.52. The number of nitrogens with zero attached hydrogens (tertiary/aromatic N) is 1. The van der Waals surface area contributed by atoms with E-state index in [0.717, 1.165) is 0 Å². The summed E-state index contributed by atoms with van der Waals surface area (Å²) < 4.78 is 5.52. The topological polar surface area (TPSA) is 32.7 Å². The van der Waals surface area contributed by atoms with E-state index in [9.17, 15) is 0 Å². The first kappa shape index (κ1) is 10.9. The molecule has 0 aliphatic carbocycles. The number of hydrogen-bond donors (Lipinski definition) is 1. The molecule has 0 aliphatic rings. The van der Waals surface area contributed by atoms with Crippen LogP contribution in [0, 0.1) is 0 Å². The zero-order valence-corrected chi connectivity index (χ0v) is 7.87. The lowest BCUT2D eigenvalue weighted by Crippen LogP contribution is -2.31. The molecular formula is C8H19NO2. The van der Waals surface area contributed by atoms with Crippen LogP contribution in [0.4, 0.5) is 0 Å². The van der Waals surface area contributed by atoms with Crippen LogP contribution >= 0.6 is 0 Å². The van der Waals surface area contributed by atoms with E-state index in [4.69, 9.17) is 9.84 Å². The second-order valence-corrected chi connectivity index (χ2v) is 3.02. The molecule has 3 nitrogen and oxygen atoms in total. The Hall–Kier alpha value is -0.120. The molecule has 0 radical (unpaired) electrons. The minimum atomic E-state index is 0.122. The van der Waals surface area contributed by atoms with Gasteiger partial charge in [-0.25, -0.2) is 0 Å². The maximum absolute atomic E-state index is 8.59. The van der Waals surface area contributed by atoms with E-state index in [-0.39, 0.29) is 18.9 Å². The van der Waals surface area contributed by atoms with E-state index >= 15 is 0 Å². The Morgan fingerprint density at radius 3 is 2.27 bits per heavy atom. The molecule has 0 fully saturated rings. The minimum Gasteiger partial charge on any atom is -0.396 e. The summed E-state index contributed by atoms with van der Waals surface area (Å²) in [6.45, 7) is 4.16. The highest BCUT2D eigenvalue weighted by Gasteiger charge is 2.08. The van der Waals surface area contributed by atoms with E-state index in [1.165, 1.54) is 0 Å². The Morgan fingerprint density at radius 2 is 1.91 bits per heavy atom. The highest BCUT2D eigenvalue weighted by atomic mass is 16.5. The summed E-state index contributed by atoms with van der Waals surface area (Å²) in [6.07, 6.45) is 0.965. The molecule has 1 N–H and O–H groups in total. The molecule has 0 bridgehead atoms. The summed E-state index contributed by atoms with van der Waals surface area (Å²) in [4.78, 5) is 1.99. The van der Waals surface area contributed by atoms with Gasteiger partial charge in [0.25, 0.3) is 0 Å². The Balaban J connectivity index is 3.48. The lowest BCUT2D eigenvalue weighted by molar-refractivity contribution is -0.0697. The van der Waals surface area contributed by atoms with Gasteiger partial charge in [0.1, 0.15) is 6.23 Å². The fourth-order valence-electron chi connectivity index (χ4n) is 0.708. The molecule has 0 aromatic rings. The van der Waals surface area contributed by atoms with Gasteiger partial charge in [0.15, 0.2) is 0 Å². The zero-order chi connectivity index (χ0) is 8.85. The zero-order valence-electron chi connectivity index (χ0n) is 7.87. The molecule has 0 saturated heterocycles. The summed E-state index contributed by atoms with van der Waals surface area (Å²) in [5.41, 5.74) is 0. The van der Waals surface area contributed by atoms with Gasteiger partial charge in [-0.3, -0.25) is 4.90 Å². The maximum Gasteiger partial charge on any atom is 0.107 e. The quantitative estimate of drug-likeness (QED) is 0.602. The van der Waals surface area contributed by atoms with Gasteiger partial charge in [-0.15, -0.1) is 0 Å². The van der Waals surface area contributed by atoms with Crippen molar-refractivity contribution in [2.45, 2.75) is 32.6 Å². The van der Waals surface area contributed by atoms with Crippen molar-refractivity contribution >= 4 is 0 Å². The highest BCUT2D eigenvalue weighted by Crippen LogP contribution is 2.02. The van der Waals surface area contributed by atoms with Crippen molar-refractivity contribution in [1.82, 2.24) is 4.90 Å². The molecule has 68 valence electrons. The molecule has 2 unspecified atom stereocenters. The predicted molar refractivity (Wildman–Crippen MR) is 45.4 cm³/mol. The molecule has 0 amide bonds. The van der Waals surface area contributed by atoms with Crippen LogP contribution in [-0.4, -0.2) is 43.0 Å². The monoisotopic (exact) mass is 161 g/mol. The summed E-state index contributed by atoms with van der Waals surface area (Å²) in [5, 5.41) is 8.59. The summed E-state index contributed by atoms with van der Waals surface area (Å²) in [6, 6.07) is 0. The first-order valence-electron chi connectivity index (χ1n) is 4.00. The third-order valence-corrected chi connectivity index (χ3v) is 1.69. The first-order valence-corrected chi connectivity index (χ1v) is 4.00. The minimum absolute atomic E-state index is 0.122. The first-order chi connectivity index (χ1) is 5.07. The number of aliphatic hydroxyl groups excluding tert-OH is 1. The van der Waals surface area contributed by atoms with Crippen molar-refractivity contribution in [2.24, 2.45) is 0 Å². The van der Waals surface area contributed by atoms with Gasteiger partial charge in [-0.1, -0.05) is 0 Å². The highest BCUT2D eigenvalue weighted by molar-refractivity contribution is 4.52. The number of hydrogen-bond acceptors (Lipinski definition) is 3. The Morgan fingerprint density at radius 1 is 1.36 bits per heavy atom. The van der Waals surface area contributed by atoms with Crippen LogP contribution in [0.3, 0.4) is 0 Å². The molecule has 0 aromatic carbocycles. The summed E-state index contributed by atoms with van der Waals surface area (Å²) in [7, 11) is 3.94. The van der Waals surface area contributed by atoms with Gasteiger partial charge < -0.3 is 9.84 Å². The van der Waals surface area contributed by atoms with Gasteiger partial charge in [0.2, 0.25) is 0 Å². The van der Waals surface area contributed by atoms with Gasteiger partial charge in [0.05, 0.1) is 6.10 Å². The maximum atomic E-state index is 8.59. The number of aliphatic hydroxyl groups is 1. The molecular weight excluding hydrogens is 142 g/mol. The Bertz CT molecular complexity index is 96.1. The molecule has 0 heterocycles. The van der Waals surface area contributed by atoms with E-state index in [1.807, 2.05) is 32.8 Å². The summed E-state index contributed by atoms with van der Waals surface area (Å²) in [5.74, 6) is 0. The predicted octanol–water partition coefficient (Wildman–Crippen LogP) is 0.681. The van der Waals surface area contributed by atoms with E-state index in [2.05, 4.69) is 0 Å². The number of rotatable bonds is 5. The molecule has 0 aromatic heterocycles. The molecule has 3 heteroatoms. The lowest BCUT2D eigenvalue weighted by atomic mass is 10.3. The van der Waals surface area contributed by atoms with Crippen LogP contribution in [0.5, 0.6) is 0 Å². The summed E-state index contributed by atoms with van der Waals surface area (Å²) >= 11 is 0. The van der Waals surface area contributed by atoms with Crippen molar-refractivity contribution in [2.75, 3.05) is 20.7 Å².